The zero-order valence-electron chi connectivity index (χ0n) is 8.41. The summed E-state index contributed by atoms with van der Waals surface area (Å²) in [4.78, 5) is 13.4. The Bertz CT molecular complexity index is 203. The van der Waals surface area contributed by atoms with Crippen molar-refractivity contribution < 1.29 is 14.6 Å². The van der Waals surface area contributed by atoms with E-state index in [0.29, 0.717) is 19.5 Å². The molecule has 4 heteroatoms. The van der Waals surface area contributed by atoms with Gasteiger partial charge in [-0.25, -0.2) is 0 Å². The zero-order chi connectivity index (χ0) is 10.1. The number of rotatable bonds is 2. The average Bonchev–Trinajstić information content (AvgIpc) is 2.50. The molecule has 1 fully saturated rings. The summed E-state index contributed by atoms with van der Waals surface area (Å²) in [7, 11) is 1.52. The molecule has 1 aliphatic heterocycles. The molecular weight excluding hydrogens is 170 g/mol. The molecule has 76 valence electrons. The van der Waals surface area contributed by atoms with Crippen LogP contribution in [0.25, 0.3) is 0 Å². The summed E-state index contributed by atoms with van der Waals surface area (Å²) in [5, 5.41) is 9.25. The summed E-state index contributed by atoms with van der Waals surface area (Å²) in [5.41, 5.74) is -0.774. The molecule has 1 atom stereocenters. The largest absolute Gasteiger partial charge is 0.391 e. The van der Waals surface area contributed by atoms with Crippen molar-refractivity contribution in [1.29, 1.82) is 0 Å². The molecule has 0 aromatic rings. The van der Waals surface area contributed by atoms with Gasteiger partial charge < -0.3 is 14.7 Å². The first kappa shape index (κ1) is 10.5. The molecule has 1 heterocycles. The first-order chi connectivity index (χ1) is 5.97. The highest BCUT2D eigenvalue weighted by Crippen LogP contribution is 2.17. The lowest BCUT2D eigenvalue weighted by molar-refractivity contribution is -0.150. The van der Waals surface area contributed by atoms with E-state index in [2.05, 4.69) is 0 Å². The maximum atomic E-state index is 11.7. The van der Waals surface area contributed by atoms with Gasteiger partial charge in [0.05, 0.1) is 6.10 Å². The summed E-state index contributed by atoms with van der Waals surface area (Å²) in [5.74, 6) is -0.0495. The lowest BCUT2D eigenvalue weighted by atomic mass is 10.1. The van der Waals surface area contributed by atoms with Crippen molar-refractivity contribution in [3.8, 4) is 0 Å². The quantitative estimate of drug-likeness (QED) is 0.662. The van der Waals surface area contributed by atoms with Crippen LogP contribution in [-0.4, -0.2) is 47.8 Å². The van der Waals surface area contributed by atoms with E-state index in [1.165, 1.54) is 7.11 Å². The number of aliphatic hydroxyl groups is 1. The predicted molar refractivity (Wildman–Crippen MR) is 48.3 cm³/mol. The van der Waals surface area contributed by atoms with Crippen molar-refractivity contribution >= 4 is 5.91 Å². The third kappa shape index (κ3) is 2.19. The van der Waals surface area contributed by atoms with Crippen LogP contribution in [0.1, 0.15) is 20.3 Å². The molecule has 1 rings (SSSR count). The van der Waals surface area contributed by atoms with Gasteiger partial charge in [-0.1, -0.05) is 0 Å². The van der Waals surface area contributed by atoms with Crippen molar-refractivity contribution in [3.63, 3.8) is 0 Å². The van der Waals surface area contributed by atoms with Crippen molar-refractivity contribution in [2.45, 2.75) is 32.0 Å². The van der Waals surface area contributed by atoms with Gasteiger partial charge in [0.1, 0.15) is 5.60 Å². The second-order valence-corrected chi connectivity index (χ2v) is 3.91. The summed E-state index contributed by atoms with van der Waals surface area (Å²) >= 11 is 0. The second kappa shape index (κ2) is 3.64. The molecule has 0 aromatic heterocycles. The Labute approximate surface area is 78.5 Å². The minimum absolute atomic E-state index is 0.0495. The summed E-state index contributed by atoms with van der Waals surface area (Å²) < 4.78 is 5.07. The van der Waals surface area contributed by atoms with Crippen molar-refractivity contribution in [2.24, 2.45) is 0 Å². The first-order valence-electron chi connectivity index (χ1n) is 4.50. The molecule has 0 aliphatic carbocycles. The average molecular weight is 187 g/mol. The first-order valence-corrected chi connectivity index (χ1v) is 4.50. The van der Waals surface area contributed by atoms with E-state index in [1.807, 2.05) is 0 Å². The molecule has 1 aliphatic rings. The zero-order valence-corrected chi connectivity index (χ0v) is 8.41. The minimum Gasteiger partial charge on any atom is -0.391 e. The standard InChI is InChI=1S/C9H17NO3/c1-9(2,13-3)8(12)10-5-4-7(11)6-10/h7,11H,4-6H2,1-3H3/t7-/m1/s1. The van der Waals surface area contributed by atoms with Crippen LogP contribution in [-0.2, 0) is 9.53 Å². The van der Waals surface area contributed by atoms with Crippen LogP contribution in [0.4, 0.5) is 0 Å². The molecule has 0 bridgehead atoms. The predicted octanol–water partition coefficient (Wildman–Crippen LogP) is 0.00460. The molecule has 0 aromatic carbocycles. The van der Waals surface area contributed by atoms with Crippen LogP contribution >= 0.6 is 0 Å². The molecular formula is C9H17NO3. The van der Waals surface area contributed by atoms with Crippen LogP contribution in [0, 0.1) is 0 Å². The van der Waals surface area contributed by atoms with Crippen LogP contribution < -0.4 is 0 Å². The van der Waals surface area contributed by atoms with Gasteiger partial charge in [0.25, 0.3) is 5.91 Å². The Morgan fingerprint density at radius 2 is 2.23 bits per heavy atom. The number of carbonyl (C=O) groups is 1. The van der Waals surface area contributed by atoms with Gasteiger partial charge in [-0.3, -0.25) is 4.79 Å². The topological polar surface area (TPSA) is 49.8 Å². The number of likely N-dealkylation sites (tertiary alicyclic amines) is 1. The van der Waals surface area contributed by atoms with Crippen LogP contribution in [0.15, 0.2) is 0 Å². The molecule has 0 unspecified atom stereocenters. The number of carbonyl (C=O) groups excluding carboxylic acids is 1. The number of ether oxygens (including phenoxy) is 1. The molecule has 1 N–H and O–H groups in total. The van der Waals surface area contributed by atoms with E-state index < -0.39 is 5.60 Å². The second-order valence-electron chi connectivity index (χ2n) is 3.91. The van der Waals surface area contributed by atoms with E-state index in [1.54, 1.807) is 18.7 Å². The maximum Gasteiger partial charge on any atom is 0.254 e. The number of β-amino-alcohol motifs (C(OH)–C–C–N with tert-alkyl or cyclic N) is 1. The number of amides is 1. The molecule has 0 radical (unpaired) electrons. The van der Waals surface area contributed by atoms with Crippen molar-refractivity contribution in [1.82, 2.24) is 4.90 Å². The third-order valence-electron chi connectivity index (χ3n) is 2.48. The Hall–Kier alpha value is -0.610. The summed E-state index contributed by atoms with van der Waals surface area (Å²) in [6, 6.07) is 0. The molecule has 1 saturated heterocycles. The van der Waals surface area contributed by atoms with Gasteiger partial charge in [-0.05, 0) is 20.3 Å². The van der Waals surface area contributed by atoms with E-state index >= 15 is 0 Å². The summed E-state index contributed by atoms with van der Waals surface area (Å²) in [6.45, 7) is 4.54. The van der Waals surface area contributed by atoms with Gasteiger partial charge >= 0.3 is 0 Å². The Kier molecular flexibility index (Phi) is 2.93. The molecule has 13 heavy (non-hydrogen) atoms. The molecule has 1 amide bonds. The SMILES string of the molecule is COC(C)(C)C(=O)N1CC[C@@H](O)C1. The van der Waals surface area contributed by atoms with E-state index in [9.17, 15) is 9.90 Å². The van der Waals surface area contributed by atoms with Gasteiger partial charge in [-0.15, -0.1) is 0 Å². The fourth-order valence-electron chi connectivity index (χ4n) is 1.39. The van der Waals surface area contributed by atoms with E-state index in [-0.39, 0.29) is 12.0 Å². The fourth-order valence-corrected chi connectivity index (χ4v) is 1.39. The van der Waals surface area contributed by atoms with Crippen molar-refractivity contribution in [2.75, 3.05) is 20.2 Å². The van der Waals surface area contributed by atoms with Crippen LogP contribution in [0.2, 0.25) is 0 Å². The molecule has 0 spiro atoms. The Morgan fingerprint density at radius 3 is 2.62 bits per heavy atom. The summed E-state index contributed by atoms with van der Waals surface area (Å²) in [6.07, 6.45) is 0.308. The number of methoxy groups -OCH3 is 1. The smallest absolute Gasteiger partial charge is 0.254 e. The van der Waals surface area contributed by atoms with E-state index in [0.717, 1.165) is 0 Å². The number of aliphatic hydroxyl groups excluding tert-OH is 1. The van der Waals surface area contributed by atoms with Gasteiger partial charge in [-0.2, -0.15) is 0 Å². The number of nitrogens with zero attached hydrogens (tertiary/aromatic N) is 1. The van der Waals surface area contributed by atoms with Crippen molar-refractivity contribution in [3.05, 3.63) is 0 Å². The lowest BCUT2D eigenvalue weighted by Gasteiger charge is -2.27. The normalized spacial score (nSPS) is 23.7. The fraction of sp³-hybridized carbons (Fsp3) is 0.889. The Morgan fingerprint density at radius 1 is 1.62 bits per heavy atom. The third-order valence-corrected chi connectivity index (χ3v) is 2.48. The Balaban J connectivity index is 2.58. The van der Waals surface area contributed by atoms with Crippen LogP contribution in [0.3, 0.4) is 0 Å². The highest BCUT2D eigenvalue weighted by Gasteiger charge is 2.35. The lowest BCUT2D eigenvalue weighted by Crippen LogP contribution is -2.45. The van der Waals surface area contributed by atoms with Gasteiger partial charge in [0.2, 0.25) is 0 Å². The monoisotopic (exact) mass is 187 g/mol. The van der Waals surface area contributed by atoms with E-state index in [4.69, 9.17) is 4.74 Å². The van der Waals surface area contributed by atoms with Gasteiger partial charge in [0.15, 0.2) is 0 Å². The van der Waals surface area contributed by atoms with Crippen LogP contribution in [0.5, 0.6) is 0 Å². The highest BCUT2D eigenvalue weighted by molar-refractivity contribution is 5.84. The maximum absolute atomic E-state index is 11.7. The minimum atomic E-state index is -0.774. The number of hydrogen-bond donors (Lipinski definition) is 1. The van der Waals surface area contributed by atoms with Gasteiger partial charge in [0, 0.05) is 20.2 Å². The highest BCUT2D eigenvalue weighted by atomic mass is 16.5. The molecule has 0 saturated carbocycles. The number of hydrogen-bond acceptors (Lipinski definition) is 3. The molecule has 4 nitrogen and oxygen atoms in total.